The predicted molar refractivity (Wildman–Crippen MR) is 77.1 cm³/mol. The summed E-state index contributed by atoms with van der Waals surface area (Å²) in [5.74, 6) is 2.88. The lowest BCUT2D eigenvalue weighted by Gasteiger charge is -2.23. The van der Waals surface area contributed by atoms with E-state index < -0.39 is 0 Å². The maximum absolute atomic E-state index is 4.62. The molecule has 0 aliphatic heterocycles. The number of hydrogen-bond donors (Lipinski definition) is 1. The molecule has 4 heteroatoms. The van der Waals surface area contributed by atoms with Gasteiger partial charge in [-0.05, 0) is 44.1 Å². The first-order chi connectivity index (χ1) is 9.35. The number of anilines is 1. The van der Waals surface area contributed by atoms with Crippen LogP contribution < -0.4 is 10.2 Å². The van der Waals surface area contributed by atoms with E-state index >= 15 is 0 Å². The number of nitrogens with one attached hydrogen (secondary N) is 1. The molecule has 0 amide bonds. The van der Waals surface area contributed by atoms with Crippen LogP contribution in [0.5, 0.6) is 0 Å². The van der Waals surface area contributed by atoms with E-state index in [4.69, 9.17) is 0 Å². The molecule has 2 fully saturated rings. The highest BCUT2D eigenvalue weighted by molar-refractivity contribution is 5.36. The smallest absolute Gasteiger partial charge is 0.147 e. The summed E-state index contributed by atoms with van der Waals surface area (Å²) in [5.41, 5.74) is 1.03. The molecular weight excluding hydrogens is 236 g/mol. The lowest BCUT2D eigenvalue weighted by atomic mass is 10.3. The Balaban J connectivity index is 1.62. The zero-order valence-electron chi connectivity index (χ0n) is 11.8. The number of rotatable bonds is 8. The summed E-state index contributed by atoms with van der Waals surface area (Å²) < 4.78 is 0. The number of aromatic nitrogens is 2. The average molecular weight is 260 g/mol. The zero-order chi connectivity index (χ0) is 13.1. The maximum Gasteiger partial charge on any atom is 0.147 e. The van der Waals surface area contributed by atoms with Crippen LogP contribution in [-0.2, 0) is 6.54 Å². The van der Waals surface area contributed by atoms with E-state index in [0.29, 0.717) is 0 Å². The first kappa shape index (κ1) is 12.9. The summed E-state index contributed by atoms with van der Waals surface area (Å²) in [6, 6.07) is 0. The minimum Gasteiger partial charge on any atom is -0.355 e. The molecule has 0 saturated heterocycles. The van der Waals surface area contributed by atoms with Crippen molar-refractivity contribution in [3.63, 3.8) is 0 Å². The van der Waals surface area contributed by atoms with Crippen molar-refractivity contribution >= 4 is 5.82 Å². The second kappa shape index (κ2) is 5.87. The van der Waals surface area contributed by atoms with E-state index in [1.54, 1.807) is 0 Å². The summed E-state index contributed by atoms with van der Waals surface area (Å²) >= 11 is 0. The SMILES string of the molecule is CCNCc1cnc(N(CC2CC2)CC2CC2)cn1. The van der Waals surface area contributed by atoms with Gasteiger partial charge in [-0.1, -0.05) is 6.92 Å². The van der Waals surface area contributed by atoms with Gasteiger partial charge in [0.15, 0.2) is 0 Å². The van der Waals surface area contributed by atoms with Gasteiger partial charge in [-0.25, -0.2) is 4.98 Å². The number of hydrogen-bond acceptors (Lipinski definition) is 4. The van der Waals surface area contributed by atoms with Crippen molar-refractivity contribution in [3.05, 3.63) is 18.1 Å². The van der Waals surface area contributed by atoms with Gasteiger partial charge in [0, 0.05) is 19.6 Å². The Morgan fingerprint density at radius 1 is 1.11 bits per heavy atom. The minimum atomic E-state index is 0.815. The molecule has 0 bridgehead atoms. The molecular formula is C15H24N4. The van der Waals surface area contributed by atoms with Crippen LogP contribution in [0, 0.1) is 11.8 Å². The molecule has 1 aromatic heterocycles. The Labute approximate surface area is 115 Å². The van der Waals surface area contributed by atoms with Crippen molar-refractivity contribution in [1.29, 1.82) is 0 Å². The van der Waals surface area contributed by atoms with Gasteiger partial charge in [0.1, 0.15) is 5.82 Å². The van der Waals surface area contributed by atoms with Crippen molar-refractivity contribution < 1.29 is 0 Å². The minimum absolute atomic E-state index is 0.815. The Hall–Kier alpha value is -1.16. The van der Waals surface area contributed by atoms with Crippen molar-refractivity contribution in [2.75, 3.05) is 24.5 Å². The molecule has 0 aromatic carbocycles. The molecule has 0 radical (unpaired) electrons. The van der Waals surface area contributed by atoms with Gasteiger partial charge < -0.3 is 10.2 Å². The highest BCUT2D eigenvalue weighted by Crippen LogP contribution is 2.35. The molecule has 3 rings (SSSR count). The Morgan fingerprint density at radius 2 is 1.79 bits per heavy atom. The van der Waals surface area contributed by atoms with E-state index in [-0.39, 0.29) is 0 Å². The molecule has 0 atom stereocenters. The standard InChI is InChI=1S/C15H24N4/c1-2-16-7-14-8-18-15(9-17-14)19(10-12-3-4-12)11-13-5-6-13/h8-9,12-13,16H,2-7,10-11H2,1H3. The molecule has 4 nitrogen and oxygen atoms in total. The molecule has 1 N–H and O–H groups in total. The quantitative estimate of drug-likeness (QED) is 0.778. The third kappa shape index (κ3) is 3.90. The fourth-order valence-corrected chi connectivity index (χ4v) is 2.34. The Bertz CT molecular complexity index is 381. The highest BCUT2D eigenvalue weighted by atomic mass is 15.2. The molecule has 19 heavy (non-hydrogen) atoms. The van der Waals surface area contributed by atoms with Gasteiger partial charge in [0.05, 0.1) is 18.1 Å². The molecule has 2 aliphatic carbocycles. The van der Waals surface area contributed by atoms with Crippen molar-refractivity contribution in [1.82, 2.24) is 15.3 Å². The van der Waals surface area contributed by atoms with Gasteiger partial charge in [-0.3, -0.25) is 4.98 Å². The lowest BCUT2D eigenvalue weighted by Crippen LogP contribution is -2.29. The first-order valence-corrected chi connectivity index (χ1v) is 7.61. The van der Waals surface area contributed by atoms with Gasteiger partial charge in [0.2, 0.25) is 0 Å². The molecule has 0 spiro atoms. The molecule has 104 valence electrons. The van der Waals surface area contributed by atoms with Crippen LogP contribution >= 0.6 is 0 Å². The largest absolute Gasteiger partial charge is 0.355 e. The highest BCUT2D eigenvalue weighted by Gasteiger charge is 2.29. The molecule has 0 unspecified atom stereocenters. The van der Waals surface area contributed by atoms with Crippen LogP contribution in [-0.4, -0.2) is 29.6 Å². The fraction of sp³-hybridized carbons (Fsp3) is 0.733. The molecule has 2 aliphatic rings. The third-order valence-corrected chi connectivity index (χ3v) is 3.92. The molecule has 1 heterocycles. The lowest BCUT2D eigenvalue weighted by molar-refractivity contribution is 0.665. The Morgan fingerprint density at radius 3 is 2.26 bits per heavy atom. The van der Waals surface area contributed by atoms with Gasteiger partial charge in [0.25, 0.3) is 0 Å². The fourth-order valence-electron chi connectivity index (χ4n) is 2.34. The van der Waals surface area contributed by atoms with Crippen LogP contribution in [0.25, 0.3) is 0 Å². The summed E-state index contributed by atoms with van der Waals surface area (Å²) in [4.78, 5) is 11.6. The summed E-state index contributed by atoms with van der Waals surface area (Å²) in [5, 5.41) is 3.28. The maximum atomic E-state index is 4.62. The van der Waals surface area contributed by atoms with Crippen LogP contribution in [0.2, 0.25) is 0 Å². The average Bonchev–Trinajstić information content (AvgIpc) is 3.31. The van der Waals surface area contributed by atoms with Gasteiger partial charge in [-0.2, -0.15) is 0 Å². The van der Waals surface area contributed by atoms with E-state index in [1.807, 2.05) is 12.4 Å². The van der Waals surface area contributed by atoms with Crippen molar-refractivity contribution in [2.45, 2.75) is 39.2 Å². The predicted octanol–water partition coefficient (Wildman–Crippen LogP) is 2.21. The zero-order valence-corrected chi connectivity index (χ0v) is 11.8. The van der Waals surface area contributed by atoms with Crippen LogP contribution in [0.1, 0.15) is 38.3 Å². The summed E-state index contributed by atoms with van der Waals surface area (Å²) in [6.45, 7) is 6.25. The normalized spacial score (nSPS) is 18.6. The van der Waals surface area contributed by atoms with Gasteiger partial charge >= 0.3 is 0 Å². The van der Waals surface area contributed by atoms with Crippen molar-refractivity contribution in [2.24, 2.45) is 11.8 Å². The molecule has 1 aromatic rings. The molecule has 2 saturated carbocycles. The topological polar surface area (TPSA) is 41.1 Å². The van der Waals surface area contributed by atoms with Crippen LogP contribution in [0.15, 0.2) is 12.4 Å². The van der Waals surface area contributed by atoms with E-state index in [0.717, 1.165) is 36.4 Å². The van der Waals surface area contributed by atoms with Gasteiger partial charge in [-0.15, -0.1) is 0 Å². The van der Waals surface area contributed by atoms with Crippen LogP contribution in [0.4, 0.5) is 5.82 Å². The monoisotopic (exact) mass is 260 g/mol. The second-order valence-electron chi connectivity index (χ2n) is 5.94. The third-order valence-electron chi connectivity index (χ3n) is 3.92. The van der Waals surface area contributed by atoms with Crippen LogP contribution in [0.3, 0.4) is 0 Å². The van der Waals surface area contributed by atoms with E-state index in [1.165, 1.54) is 38.8 Å². The van der Waals surface area contributed by atoms with E-state index in [9.17, 15) is 0 Å². The summed E-state index contributed by atoms with van der Waals surface area (Å²) in [6.07, 6.45) is 9.46. The number of nitrogens with zero attached hydrogens (tertiary/aromatic N) is 3. The second-order valence-corrected chi connectivity index (χ2v) is 5.94. The Kier molecular flexibility index (Phi) is 3.97. The first-order valence-electron chi connectivity index (χ1n) is 7.61. The van der Waals surface area contributed by atoms with E-state index in [2.05, 4.69) is 27.1 Å². The van der Waals surface area contributed by atoms with Crippen molar-refractivity contribution in [3.8, 4) is 0 Å². The summed E-state index contributed by atoms with van der Waals surface area (Å²) in [7, 11) is 0.